The summed E-state index contributed by atoms with van der Waals surface area (Å²) in [5, 5.41) is 0.798. The van der Waals surface area contributed by atoms with Gasteiger partial charge in [-0.05, 0) is 33.7 Å². The Morgan fingerprint density at radius 3 is 2.32 bits per heavy atom. The van der Waals surface area contributed by atoms with Crippen LogP contribution in [0, 0.1) is 0 Å². The fourth-order valence-corrected chi connectivity index (χ4v) is 2.41. The molecule has 0 aromatic heterocycles. The lowest BCUT2D eigenvalue weighted by Crippen LogP contribution is -2.28. The van der Waals surface area contributed by atoms with E-state index in [-0.39, 0.29) is 28.2 Å². The van der Waals surface area contributed by atoms with E-state index in [4.69, 9.17) is 5.48 Å². The third-order valence-corrected chi connectivity index (χ3v) is 3.91. The van der Waals surface area contributed by atoms with Crippen LogP contribution in [-0.4, -0.2) is 13.9 Å². The molecule has 0 spiro atoms. The van der Waals surface area contributed by atoms with Gasteiger partial charge in [0.05, 0.1) is 5.48 Å². The van der Waals surface area contributed by atoms with Gasteiger partial charge < -0.3 is 4.18 Å². The molecule has 0 aliphatic rings. The molecule has 0 fully saturated rings. The first-order chi connectivity index (χ1) is 11.9. The second-order valence-electron chi connectivity index (χ2n) is 4.35. The van der Waals surface area contributed by atoms with E-state index >= 15 is 0 Å². The lowest BCUT2D eigenvalue weighted by atomic mass is 10.0. The van der Waals surface area contributed by atoms with Gasteiger partial charge in [-0.25, -0.2) is 0 Å². The average molecular weight is 330 g/mol. The highest BCUT2D eigenvalue weighted by molar-refractivity contribution is 7.88. The van der Waals surface area contributed by atoms with Crippen molar-refractivity contribution in [2.75, 3.05) is 0 Å². The monoisotopic (exact) mass is 330 g/mol. The zero-order valence-corrected chi connectivity index (χ0v) is 11.5. The van der Waals surface area contributed by atoms with Crippen molar-refractivity contribution in [1.29, 1.82) is 0 Å². The molecule has 0 unspecified atom stereocenters. The topological polar surface area (TPSA) is 43.4 Å². The highest BCUT2D eigenvalue weighted by Crippen LogP contribution is 2.31. The number of alkyl halides is 3. The molecular weight excluding hydrogens is 317 g/mol. The molecule has 3 aromatic rings. The normalized spacial score (nSPS) is 15.2. The fraction of sp³-hybridized carbons (Fsp3) is 0.0667. The SMILES string of the molecule is [2H]c1c([2H])c([2H])c2c(ccc3ccc(OS(=O)(=O)C(F)(F)F)cc32)c1[2H]. The molecule has 22 heavy (non-hydrogen) atoms. The second kappa shape index (κ2) is 4.88. The van der Waals surface area contributed by atoms with E-state index in [1.807, 2.05) is 0 Å². The molecule has 0 saturated heterocycles. The molecule has 0 aliphatic carbocycles. The van der Waals surface area contributed by atoms with Gasteiger partial charge in [-0.2, -0.15) is 21.6 Å². The lowest BCUT2D eigenvalue weighted by molar-refractivity contribution is -0.0500. The van der Waals surface area contributed by atoms with Crippen LogP contribution in [0.15, 0.2) is 54.5 Å². The van der Waals surface area contributed by atoms with E-state index in [0.29, 0.717) is 5.39 Å². The van der Waals surface area contributed by atoms with E-state index in [1.165, 1.54) is 18.2 Å². The van der Waals surface area contributed by atoms with E-state index in [0.717, 1.165) is 12.1 Å². The van der Waals surface area contributed by atoms with Crippen LogP contribution in [0.5, 0.6) is 5.75 Å². The van der Waals surface area contributed by atoms with Crippen LogP contribution in [0.25, 0.3) is 21.5 Å². The molecule has 0 aliphatic heterocycles. The predicted octanol–water partition coefficient (Wildman–Crippen LogP) is 4.22. The minimum atomic E-state index is -5.86. The summed E-state index contributed by atoms with van der Waals surface area (Å²) < 4.78 is 95.3. The van der Waals surface area contributed by atoms with Crippen molar-refractivity contribution in [2.24, 2.45) is 0 Å². The summed E-state index contributed by atoms with van der Waals surface area (Å²) in [5.74, 6) is -0.616. The number of hydrogen-bond acceptors (Lipinski definition) is 3. The van der Waals surface area contributed by atoms with Crippen molar-refractivity contribution in [3.05, 3.63) is 54.5 Å². The maximum atomic E-state index is 12.5. The largest absolute Gasteiger partial charge is 0.534 e. The van der Waals surface area contributed by atoms with Gasteiger partial charge in [-0.3, -0.25) is 0 Å². The smallest absolute Gasteiger partial charge is 0.376 e. The maximum Gasteiger partial charge on any atom is 0.534 e. The third-order valence-electron chi connectivity index (χ3n) is 2.93. The predicted molar refractivity (Wildman–Crippen MR) is 77.1 cm³/mol. The molecule has 0 radical (unpaired) electrons. The van der Waals surface area contributed by atoms with Crippen molar-refractivity contribution < 1.29 is 31.3 Å². The second-order valence-corrected chi connectivity index (χ2v) is 5.89. The molecule has 0 bridgehead atoms. The molecule has 3 aromatic carbocycles. The summed E-state index contributed by atoms with van der Waals surface area (Å²) in [7, 11) is -5.86. The van der Waals surface area contributed by atoms with E-state index in [2.05, 4.69) is 4.18 Å². The van der Waals surface area contributed by atoms with Gasteiger partial charge in [-0.1, -0.05) is 42.4 Å². The first-order valence-electron chi connectivity index (χ1n) is 7.87. The van der Waals surface area contributed by atoms with Crippen LogP contribution >= 0.6 is 0 Å². The van der Waals surface area contributed by atoms with Crippen LogP contribution in [-0.2, 0) is 10.1 Å². The Kier molecular flexibility index (Phi) is 2.32. The van der Waals surface area contributed by atoms with Gasteiger partial charge in [0.1, 0.15) is 5.75 Å². The zero-order chi connectivity index (χ0) is 19.4. The number of fused-ring (bicyclic) bond motifs is 3. The van der Waals surface area contributed by atoms with E-state index in [9.17, 15) is 21.6 Å². The maximum absolute atomic E-state index is 12.5. The number of rotatable bonds is 2. The Morgan fingerprint density at radius 1 is 0.955 bits per heavy atom. The minimum Gasteiger partial charge on any atom is -0.376 e. The molecule has 0 heterocycles. The van der Waals surface area contributed by atoms with Gasteiger partial charge in [-0.15, -0.1) is 0 Å². The Balaban J connectivity index is 2.31. The van der Waals surface area contributed by atoms with Gasteiger partial charge >= 0.3 is 15.6 Å². The average Bonchev–Trinajstić information content (AvgIpc) is 2.55. The first kappa shape index (κ1) is 10.4. The van der Waals surface area contributed by atoms with Crippen LogP contribution in [0.3, 0.4) is 0 Å². The molecule has 0 atom stereocenters. The lowest BCUT2D eigenvalue weighted by Gasteiger charge is -2.10. The van der Waals surface area contributed by atoms with Crippen LogP contribution in [0.2, 0.25) is 0 Å². The molecule has 0 amide bonds. The first-order valence-corrected chi connectivity index (χ1v) is 7.28. The van der Waals surface area contributed by atoms with Gasteiger partial charge in [0.15, 0.2) is 0 Å². The van der Waals surface area contributed by atoms with Gasteiger partial charge in [0.2, 0.25) is 0 Å². The number of halogens is 3. The fourth-order valence-electron chi connectivity index (χ4n) is 1.96. The van der Waals surface area contributed by atoms with Crippen molar-refractivity contribution in [2.45, 2.75) is 5.51 Å². The van der Waals surface area contributed by atoms with Crippen molar-refractivity contribution >= 4 is 31.7 Å². The van der Waals surface area contributed by atoms with Gasteiger partial charge in [0, 0.05) is 0 Å². The summed E-state index contributed by atoms with van der Waals surface area (Å²) >= 11 is 0. The molecule has 114 valence electrons. The Hall–Kier alpha value is -2.28. The van der Waals surface area contributed by atoms with Gasteiger partial charge in [0.25, 0.3) is 0 Å². The minimum absolute atomic E-state index is 0.0587. The van der Waals surface area contributed by atoms with Crippen molar-refractivity contribution in [1.82, 2.24) is 0 Å². The molecule has 7 heteroatoms. The van der Waals surface area contributed by atoms with E-state index < -0.39 is 33.5 Å². The Bertz CT molecular complexity index is 1160. The van der Waals surface area contributed by atoms with Crippen LogP contribution < -0.4 is 4.18 Å². The van der Waals surface area contributed by atoms with E-state index in [1.54, 1.807) is 0 Å². The quantitative estimate of drug-likeness (QED) is 0.401. The summed E-state index contributed by atoms with van der Waals surface area (Å²) in [6.07, 6.45) is 0. The Morgan fingerprint density at radius 2 is 1.59 bits per heavy atom. The third kappa shape index (κ3) is 2.48. The van der Waals surface area contributed by atoms with Crippen LogP contribution in [0.1, 0.15) is 5.48 Å². The summed E-state index contributed by atoms with van der Waals surface area (Å²) in [6.45, 7) is 0. The highest BCUT2D eigenvalue weighted by atomic mass is 32.2. The summed E-state index contributed by atoms with van der Waals surface area (Å²) in [6, 6.07) is 4.66. The zero-order valence-electron chi connectivity index (χ0n) is 14.7. The number of benzene rings is 3. The standard InChI is InChI=1S/C15H9F3O3S/c16-15(17,18)22(19,20)21-12-8-7-11-6-5-10-3-1-2-4-13(10)14(11)9-12/h1-9H/i1D,2D,3D,4D. The van der Waals surface area contributed by atoms with Crippen molar-refractivity contribution in [3.63, 3.8) is 0 Å². The number of hydrogen-bond donors (Lipinski definition) is 0. The molecule has 3 nitrogen and oxygen atoms in total. The van der Waals surface area contributed by atoms with Crippen LogP contribution in [0.4, 0.5) is 13.2 Å². The molecule has 0 saturated carbocycles. The molecule has 0 N–H and O–H groups in total. The Labute approximate surface area is 129 Å². The summed E-state index contributed by atoms with van der Waals surface area (Å²) in [5.41, 5.74) is -5.59. The molecule has 3 rings (SSSR count). The molecular formula is C15H9F3O3S. The summed E-state index contributed by atoms with van der Waals surface area (Å²) in [4.78, 5) is 0. The van der Waals surface area contributed by atoms with Crippen molar-refractivity contribution in [3.8, 4) is 5.75 Å². The highest BCUT2D eigenvalue weighted by Gasteiger charge is 2.48.